The Bertz CT molecular complexity index is 1160. The number of anilines is 1. The fraction of sp³-hybridized carbons (Fsp3) is 0.484. The van der Waals surface area contributed by atoms with Crippen molar-refractivity contribution in [3.63, 3.8) is 0 Å². The first-order chi connectivity index (χ1) is 19.4. The molecule has 224 valence electrons. The maximum absolute atomic E-state index is 13.9. The number of terminal acetylenes is 1. The van der Waals surface area contributed by atoms with Crippen molar-refractivity contribution in [2.24, 2.45) is 0 Å². The number of carbonyl (C=O) groups excluding carboxylic acids is 2. The van der Waals surface area contributed by atoms with E-state index >= 15 is 0 Å². The average molecular weight is 576 g/mol. The molecule has 0 aliphatic carbocycles. The van der Waals surface area contributed by atoms with Crippen LogP contribution in [-0.4, -0.2) is 56.8 Å². The number of rotatable bonds is 7. The molecule has 2 aliphatic heterocycles. The smallest absolute Gasteiger partial charge is 0.417 e. The topological polar surface area (TPSA) is 79.9 Å². The lowest BCUT2D eigenvalue weighted by molar-refractivity contribution is -0.138. The molecule has 2 heterocycles. The Kier molecular flexibility index (Phi) is 12.7. The highest BCUT2D eigenvalue weighted by atomic mass is 19.4. The zero-order valence-electron chi connectivity index (χ0n) is 24.1. The quantitative estimate of drug-likeness (QED) is 0.343. The Morgan fingerprint density at radius 1 is 1.20 bits per heavy atom. The van der Waals surface area contributed by atoms with Crippen molar-refractivity contribution in [2.45, 2.75) is 64.3 Å². The molecule has 0 saturated carbocycles. The zero-order chi connectivity index (χ0) is 30.6. The molecule has 7 nitrogen and oxygen atoms in total. The summed E-state index contributed by atoms with van der Waals surface area (Å²) in [4.78, 5) is 27.3. The van der Waals surface area contributed by atoms with Gasteiger partial charge in [0.25, 0.3) is 11.8 Å². The number of piperidine rings is 1. The first kappa shape index (κ1) is 33.7. The molecule has 2 amide bonds. The van der Waals surface area contributed by atoms with Crippen LogP contribution in [0.15, 0.2) is 42.5 Å². The second kappa shape index (κ2) is 15.5. The summed E-state index contributed by atoms with van der Waals surface area (Å²) in [5.74, 6) is -1.25. The van der Waals surface area contributed by atoms with E-state index in [1.54, 1.807) is 7.11 Å². The minimum atomic E-state index is -4.76. The third-order valence-electron chi connectivity index (χ3n) is 6.62. The Morgan fingerprint density at radius 2 is 1.88 bits per heavy atom. The van der Waals surface area contributed by atoms with Gasteiger partial charge in [0.05, 0.1) is 16.8 Å². The molecular weight excluding hydrogens is 535 g/mol. The number of aryl methyl sites for hydroxylation is 1. The number of hydrogen-bond acceptors (Lipinski definition) is 5. The van der Waals surface area contributed by atoms with E-state index in [2.05, 4.69) is 42.5 Å². The van der Waals surface area contributed by atoms with Crippen LogP contribution in [0.5, 0.6) is 5.75 Å². The van der Waals surface area contributed by atoms with Gasteiger partial charge >= 0.3 is 6.18 Å². The Morgan fingerprint density at radius 3 is 2.41 bits per heavy atom. The molecule has 1 saturated heterocycles. The number of unbranched alkanes of at least 4 members (excludes halogenated alkanes) is 1. The van der Waals surface area contributed by atoms with Gasteiger partial charge in [0.2, 0.25) is 0 Å². The van der Waals surface area contributed by atoms with Gasteiger partial charge in [0.15, 0.2) is 5.60 Å². The molecular formula is C31H40F3N3O4. The number of methoxy groups -OCH3 is 1. The predicted octanol–water partition coefficient (Wildman–Crippen LogP) is 5.36. The van der Waals surface area contributed by atoms with Crippen molar-refractivity contribution in [1.29, 1.82) is 0 Å². The number of carbonyl (C=O) groups is 2. The van der Waals surface area contributed by atoms with Crippen LogP contribution in [-0.2, 0) is 15.7 Å². The standard InChI is InChI=1S/C22H30F3N3O4.C7H8.C2H2/c1-21(2)20(30)28(9-4-5-10-31-3)17-11-15(16(22(23,24)25)12-18(17)32-21)19(29)27-14-7-6-8-26-13-14;1-7-5-3-2-4-6-7;1-2/h11-12,14,26H,4-10,13H2,1-3H3,(H,27,29);2-6H,1H3;1-2H/t14-;;/m1../s1. The van der Waals surface area contributed by atoms with Gasteiger partial charge in [0, 0.05) is 32.8 Å². The van der Waals surface area contributed by atoms with Crippen LogP contribution in [0.3, 0.4) is 0 Å². The van der Waals surface area contributed by atoms with Crippen LogP contribution < -0.4 is 20.3 Å². The lowest BCUT2D eigenvalue weighted by Gasteiger charge is -2.39. The summed E-state index contributed by atoms with van der Waals surface area (Å²) in [6, 6.07) is 12.0. The molecule has 1 fully saturated rings. The van der Waals surface area contributed by atoms with E-state index in [4.69, 9.17) is 9.47 Å². The second-order valence-electron chi connectivity index (χ2n) is 10.3. The van der Waals surface area contributed by atoms with Crippen molar-refractivity contribution < 1.29 is 32.2 Å². The van der Waals surface area contributed by atoms with Gasteiger partial charge in [-0.2, -0.15) is 13.2 Å². The number of ether oxygens (including phenoxy) is 2. The number of nitrogens with one attached hydrogen (secondary N) is 2. The monoisotopic (exact) mass is 575 g/mol. The highest BCUT2D eigenvalue weighted by Gasteiger charge is 2.44. The molecule has 0 aromatic heterocycles. The summed E-state index contributed by atoms with van der Waals surface area (Å²) in [6.45, 7) is 7.21. The molecule has 2 N–H and O–H groups in total. The Balaban J connectivity index is 0.000000561. The highest BCUT2D eigenvalue weighted by molar-refractivity contribution is 6.05. The van der Waals surface area contributed by atoms with Crippen LogP contribution in [0.25, 0.3) is 0 Å². The van der Waals surface area contributed by atoms with Gasteiger partial charge in [-0.05, 0) is 65.1 Å². The van der Waals surface area contributed by atoms with E-state index in [1.807, 2.05) is 18.2 Å². The minimum Gasteiger partial charge on any atom is -0.476 e. The van der Waals surface area contributed by atoms with E-state index in [-0.39, 0.29) is 29.9 Å². The maximum atomic E-state index is 13.9. The molecule has 2 aromatic rings. The van der Waals surface area contributed by atoms with Crippen LogP contribution >= 0.6 is 0 Å². The van der Waals surface area contributed by atoms with Crippen molar-refractivity contribution in [3.05, 3.63) is 59.2 Å². The van der Waals surface area contributed by atoms with Crippen molar-refractivity contribution in [2.75, 3.05) is 38.3 Å². The number of benzene rings is 2. The molecule has 1 atom stereocenters. The first-order valence-electron chi connectivity index (χ1n) is 13.6. The lowest BCUT2D eigenvalue weighted by Crippen LogP contribution is -2.53. The Labute approximate surface area is 240 Å². The molecule has 4 rings (SSSR count). The summed E-state index contributed by atoms with van der Waals surface area (Å²) in [5.41, 5.74) is -1.43. The molecule has 0 unspecified atom stereocenters. The van der Waals surface area contributed by atoms with Gasteiger partial charge < -0.3 is 25.0 Å². The number of halogens is 3. The van der Waals surface area contributed by atoms with E-state index < -0.39 is 28.8 Å². The minimum absolute atomic E-state index is 0.0652. The van der Waals surface area contributed by atoms with E-state index in [0.717, 1.165) is 25.1 Å². The molecule has 41 heavy (non-hydrogen) atoms. The van der Waals surface area contributed by atoms with Gasteiger partial charge in [0.1, 0.15) is 5.75 Å². The normalized spacial score (nSPS) is 17.5. The summed E-state index contributed by atoms with van der Waals surface area (Å²) >= 11 is 0. The van der Waals surface area contributed by atoms with E-state index in [1.165, 1.54) is 24.3 Å². The number of alkyl halides is 3. The zero-order valence-corrected chi connectivity index (χ0v) is 24.1. The molecule has 10 heteroatoms. The lowest BCUT2D eigenvalue weighted by atomic mass is 9.98. The second-order valence-corrected chi connectivity index (χ2v) is 10.3. The average Bonchev–Trinajstić information content (AvgIpc) is 2.94. The third-order valence-corrected chi connectivity index (χ3v) is 6.62. The number of fused-ring (bicyclic) bond motifs is 1. The number of amides is 2. The third kappa shape index (κ3) is 9.51. The highest BCUT2D eigenvalue weighted by Crippen LogP contribution is 2.44. The number of hydrogen-bond donors (Lipinski definition) is 2. The summed E-state index contributed by atoms with van der Waals surface area (Å²) in [5, 5.41) is 5.82. The molecule has 2 aromatic carbocycles. The Hall–Kier alpha value is -3.55. The van der Waals surface area contributed by atoms with Crippen LogP contribution in [0, 0.1) is 19.8 Å². The van der Waals surface area contributed by atoms with E-state index in [9.17, 15) is 22.8 Å². The largest absolute Gasteiger partial charge is 0.476 e. The fourth-order valence-electron chi connectivity index (χ4n) is 4.55. The summed E-state index contributed by atoms with van der Waals surface area (Å²) in [7, 11) is 1.57. The van der Waals surface area contributed by atoms with Crippen molar-refractivity contribution >= 4 is 17.5 Å². The van der Waals surface area contributed by atoms with E-state index in [0.29, 0.717) is 32.4 Å². The predicted molar refractivity (Wildman–Crippen MR) is 154 cm³/mol. The molecule has 0 radical (unpaired) electrons. The van der Waals surface area contributed by atoms with Gasteiger partial charge in [-0.3, -0.25) is 9.59 Å². The van der Waals surface area contributed by atoms with Crippen LogP contribution in [0.4, 0.5) is 18.9 Å². The van der Waals surface area contributed by atoms with Gasteiger partial charge in [-0.15, -0.1) is 12.8 Å². The summed E-state index contributed by atoms with van der Waals surface area (Å²) < 4.78 is 52.3. The SMILES string of the molecule is C#C.COCCCCN1C(=O)C(C)(C)Oc2cc(C(F)(F)F)c(C(=O)N[C@@H]3CCCNC3)cc21.Cc1ccccc1. The van der Waals surface area contributed by atoms with Gasteiger partial charge in [-0.1, -0.05) is 35.9 Å². The summed E-state index contributed by atoms with van der Waals surface area (Å²) in [6.07, 6.45) is 6.02. The molecule has 2 aliphatic rings. The van der Waals surface area contributed by atoms with Crippen LogP contribution in [0.1, 0.15) is 61.0 Å². The van der Waals surface area contributed by atoms with Crippen molar-refractivity contribution in [3.8, 4) is 18.6 Å². The van der Waals surface area contributed by atoms with Crippen molar-refractivity contribution in [1.82, 2.24) is 10.6 Å². The first-order valence-corrected chi connectivity index (χ1v) is 13.6. The fourth-order valence-corrected chi connectivity index (χ4v) is 4.55. The van der Waals surface area contributed by atoms with Crippen LogP contribution in [0.2, 0.25) is 0 Å². The number of nitrogens with zero attached hydrogens (tertiary/aromatic N) is 1. The van der Waals surface area contributed by atoms with Gasteiger partial charge in [-0.25, -0.2) is 0 Å². The maximum Gasteiger partial charge on any atom is 0.417 e. The molecule has 0 spiro atoms. The molecule has 0 bridgehead atoms.